The van der Waals surface area contributed by atoms with Crippen LogP contribution in [0, 0.1) is 5.41 Å². The lowest BCUT2D eigenvalue weighted by Gasteiger charge is -2.52. The zero-order valence-electron chi connectivity index (χ0n) is 15.3. The van der Waals surface area contributed by atoms with Crippen molar-refractivity contribution in [3.63, 3.8) is 0 Å². The molecule has 134 valence electrons. The predicted molar refractivity (Wildman–Crippen MR) is 99.5 cm³/mol. The number of aromatic nitrogens is 1. The summed E-state index contributed by atoms with van der Waals surface area (Å²) in [5.41, 5.74) is 4.36. The largest absolute Gasteiger partial charge is 0.466 e. The molecule has 0 saturated carbocycles. The summed E-state index contributed by atoms with van der Waals surface area (Å²) < 4.78 is 5.33. The lowest BCUT2D eigenvalue weighted by atomic mass is 9.66. The highest BCUT2D eigenvalue weighted by molar-refractivity contribution is 5.85. The van der Waals surface area contributed by atoms with E-state index < -0.39 is 0 Å². The maximum absolute atomic E-state index is 11.2. The molecule has 0 bridgehead atoms. The van der Waals surface area contributed by atoms with Gasteiger partial charge in [0.2, 0.25) is 0 Å². The summed E-state index contributed by atoms with van der Waals surface area (Å²) in [4.78, 5) is 17.7. The Hall–Kier alpha value is -1.81. The second-order valence-corrected chi connectivity index (χ2v) is 7.66. The van der Waals surface area contributed by atoms with Crippen molar-refractivity contribution in [2.24, 2.45) is 5.41 Å². The van der Waals surface area contributed by atoms with Gasteiger partial charge < -0.3 is 9.72 Å². The van der Waals surface area contributed by atoms with E-state index in [1.165, 1.54) is 48.5 Å². The number of H-pyrrole nitrogens is 1. The molecule has 0 radical (unpaired) electrons. The molecular weight excluding hydrogens is 312 g/mol. The Labute approximate surface area is 149 Å². The minimum Gasteiger partial charge on any atom is -0.466 e. The van der Waals surface area contributed by atoms with Crippen LogP contribution in [0.5, 0.6) is 0 Å². The van der Waals surface area contributed by atoms with Crippen LogP contribution in [-0.4, -0.2) is 35.5 Å². The Kier molecular flexibility index (Phi) is 4.32. The number of hydrogen-bond acceptors (Lipinski definition) is 3. The highest BCUT2D eigenvalue weighted by Gasteiger charge is 2.47. The zero-order valence-corrected chi connectivity index (χ0v) is 15.3. The molecule has 2 aliphatic rings. The normalized spacial score (nSPS) is 26.2. The van der Waals surface area contributed by atoms with Crippen LogP contribution in [0.3, 0.4) is 0 Å². The van der Waals surface area contributed by atoms with Gasteiger partial charge in [-0.2, -0.15) is 0 Å². The molecule has 1 aromatic carbocycles. The highest BCUT2D eigenvalue weighted by Crippen LogP contribution is 2.53. The average molecular weight is 340 g/mol. The average Bonchev–Trinajstić information content (AvgIpc) is 3.00. The summed E-state index contributed by atoms with van der Waals surface area (Å²) in [5, 5.41) is 1.38. The smallest absolute Gasteiger partial charge is 0.302 e. The molecule has 4 heteroatoms. The van der Waals surface area contributed by atoms with Crippen molar-refractivity contribution >= 4 is 16.9 Å². The Morgan fingerprint density at radius 1 is 1.36 bits per heavy atom. The maximum Gasteiger partial charge on any atom is 0.302 e. The Bertz CT molecular complexity index is 781. The summed E-state index contributed by atoms with van der Waals surface area (Å²) in [6, 6.07) is 9.09. The molecule has 0 aliphatic carbocycles. The molecular formula is C21H28N2O2. The first-order chi connectivity index (χ1) is 12.1. The number of benzene rings is 1. The fourth-order valence-electron chi connectivity index (χ4n) is 5.20. The van der Waals surface area contributed by atoms with Gasteiger partial charge >= 0.3 is 5.97 Å². The molecule has 25 heavy (non-hydrogen) atoms. The van der Waals surface area contributed by atoms with Crippen molar-refractivity contribution in [1.29, 1.82) is 0 Å². The quantitative estimate of drug-likeness (QED) is 0.848. The fourth-order valence-corrected chi connectivity index (χ4v) is 5.20. The van der Waals surface area contributed by atoms with Gasteiger partial charge in [0.05, 0.1) is 12.6 Å². The van der Waals surface area contributed by atoms with Gasteiger partial charge in [-0.15, -0.1) is 0 Å². The van der Waals surface area contributed by atoms with E-state index in [4.69, 9.17) is 4.74 Å². The first-order valence-electron chi connectivity index (χ1n) is 9.61. The summed E-state index contributed by atoms with van der Waals surface area (Å²) in [5.74, 6) is -0.172. The van der Waals surface area contributed by atoms with E-state index in [1.807, 2.05) is 0 Å². The molecule has 1 N–H and O–H groups in total. The van der Waals surface area contributed by atoms with Crippen LogP contribution in [0.15, 0.2) is 24.3 Å². The molecule has 2 atom stereocenters. The highest BCUT2D eigenvalue weighted by atomic mass is 16.5. The summed E-state index contributed by atoms with van der Waals surface area (Å²) in [7, 11) is 0. The van der Waals surface area contributed by atoms with Gasteiger partial charge in [-0.25, -0.2) is 0 Å². The molecule has 4 rings (SSSR count). The molecule has 3 heterocycles. The van der Waals surface area contributed by atoms with Crippen molar-refractivity contribution in [3.8, 4) is 0 Å². The minimum atomic E-state index is -0.172. The number of ether oxygens (including phenoxy) is 1. The zero-order chi connectivity index (χ0) is 17.4. The molecule has 1 saturated heterocycles. The van der Waals surface area contributed by atoms with Crippen molar-refractivity contribution in [1.82, 2.24) is 9.88 Å². The van der Waals surface area contributed by atoms with Crippen LogP contribution >= 0.6 is 0 Å². The van der Waals surface area contributed by atoms with E-state index in [2.05, 4.69) is 41.1 Å². The van der Waals surface area contributed by atoms with Gasteiger partial charge in [0, 0.05) is 30.1 Å². The minimum absolute atomic E-state index is 0.172. The predicted octanol–water partition coefficient (Wildman–Crippen LogP) is 4.21. The molecule has 1 aromatic heterocycles. The van der Waals surface area contributed by atoms with Gasteiger partial charge in [-0.1, -0.05) is 25.1 Å². The topological polar surface area (TPSA) is 45.3 Å². The Morgan fingerprint density at radius 2 is 2.20 bits per heavy atom. The monoisotopic (exact) mass is 340 g/mol. The Balaban J connectivity index is 1.74. The van der Waals surface area contributed by atoms with E-state index in [9.17, 15) is 4.79 Å². The van der Waals surface area contributed by atoms with Crippen LogP contribution in [0.2, 0.25) is 0 Å². The standard InChI is InChI=1S/C21H28N2O2/c1-3-21(11-14-25-15(2)24)10-6-12-23-13-9-17-16-7-4-5-8-18(16)22-19(17)20(21)23/h4-5,7-8,20,22H,3,6,9-14H2,1-2H3/t20-,21+/m1/s1. The number of carbonyl (C=O) groups is 1. The number of piperidine rings is 1. The molecule has 4 nitrogen and oxygen atoms in total. The number of nitrogens with one attached hydrogen (secondary N) is 1. The number of aromatic amines is 1. The second-order valence-electron chi connectivity index (χ2n) is 7.66. The number of nitrogens with zero attached hydrogens (tertiary/aromatic N) is 1. The van der Waals surface area contributed by atoms with Gasteiger partial charge in [0.25, 0.3) is 0 Å². The van der Waals surface area contributed by atoms with Crippen LogP contribution < -0.4 is 0 Å². The maximum atomic E-state index is 11.2. The van der Waals surface area contributed by atoms with Gasteiger partial charge in [-0.05, 0) is 55.7 Å². The summed E-state index contributed by atoms with van der Waals surface area (Å²) >= 11 is 0. The van der Waals surface area contributed by atoms with E-state index in [0.29, 0.717) is 12.6 Å². The third-order valence-electron chi connectivity index (χ3n) is 6.44. The molecule has 1 fully saturated rings. The molecule has 2 aliphatic heterocycles. The van der Waals surface area contributed by atoms with Crippen molar-refractivity contribution in [2.45, 2.75) is 52.0 Å². The van der Waals surface area contributed by atoms with Crippen molar-refractivity contribution in [2.75, 3.05) is 19.7 Å². The SMILES string of the molecule is CC[C@@]1(CCOC(C)=O)CCCN2CCc3c([nH]c4ccccc34)[C@@H]21. The number of hydrogen-bond donors (Lipinski definition) is 1. The fraction of sp³-hybridized carbons (Fsp3) is 0.571. The number of rotatable bonds is 4. The van der Waals surface area contributed by atoms with E-state index in [-0.39, 0.29) is 11.4 Å². The third-order valence-corrected chi connectivity index (χ3v) is 6.44. The van der Waals surface area contributed by atoms with E-state index >= 15 is 0 Å². The van der Waals surface area contributed by atoms with Crippen molar-refractivity contribution < 1.29 is 9.53 Å². The summed E-state index contributed by atoms with van der Waals surface area (Å²) in [6.07, 6.45) is 5.63. The number of fused-ring (bicyclic) bond motifs is 5. The van der Waals surface area contributed by atoms with Gasteiger partial charge in [0.15, 0.2) is 0 Å². The number of esters is 1. The lowest BCUT2D eigenvalue weighted by molar-refractivity contribution is -0.142. The Morgan fingerprint density at radius 3 is 3.00 bits per heavy atom. The molecule has 0 spiro atoms. The van der Waals surface area contributed by atoms with Crippen molar-refractivity contribution in [3.05, 3.63) is 35.5 Å². The van der Waals surface area contributed by atoms with Gasteiger partial charge in [-0.3, -0.25) is 9.69 Å². The molecule has 2 aromatic rings. The van der Waals surface area contributed by atoms with Crippen LogP contribution in [0.1, 0.15) is 56.8 Å². The van der Waals surface area contributed by atoms with Crippen LogP contribution in [-0.2, 0) is 16.0 Å². The van der Waals surface area contributed by atoms with Crippen LogP contribution in [0.4, 0.5) is 0 Å². The summed E-state index contributed by atoms with van der Waals surface area (Å²) in [6.45, 7) is 6.64. The third kappa shape index (κ3) is 2.77. The second kappa shape index (κ2) is 6.49. The number of carbonyl (C=O) groups excluding carboxylic acids is 1. The lowest BCUT2D eigenvalue weighted by Crippen LogP contribution is -2.49. The van der Waals surface area contributed by atoms with E-state index in [1.54, 1.807) is 0 Å². The van der Waals surface area contributed by atoms with Crippen LogP contribution in [0.25, 0.3) is 10.9 Å². The number of para-hydroxylation sites is 1. The van der Waals surface area contributed by atoms with Gasteiger partial charge in [0.1, 0.15) is 0 Å². The first kappa shape index (κ1) is 16.6. The molecule has 0 unspecified atom stereocenters. The van der Waals surface area contributed by atoms with E-state index in [0.717, 1.165) is 25.8 Å². The first-order valence-corrected chi connectivity index (χ1v) is 9.61. The molecule has 0 amide bonds.